The summed E-state index contributed by atoms with van der Waals surface area (Å²) in [7, 11) is 0. The van der Waals surface area contributed by atoms with Crippen LogP contribution >= 0.6 is 11.6 Å². The SMILES string of the molecule is CCOc1cc(/C=C(\C#N)C(=O)Nc2ccc(O)cc2)cc(Cl)c1OCC(=O)Nc1ccccc1F. The molecule has 3 rings (SSSR count). The van der Waals surface area contributed by atoms with E-state index in [4.69, 9.17) is 21.1 Å². The third-order valence-electron chi connectivity index (χ3n) is 4.63. The molecule has 0 heterocycles. The lowest BCUT2D eigenvalue weighted by Gasteiger charge is -2.15. The number of phenols is 1. The topological polar surface area (TPSA) is 121 Å². The van der Waals surface area contributed by atoms with Crippen LogP contribution in [-0.4, -0.2) is 30.1 Å². The van der Waals surface area contributed by atoms with Crippen molar-refractivity contribution in [2.75, 3.05) is 23.8 Å². The second-order valence-corrected chi connectivity index (χ2v) is 7.66. The van der Waals surface area contributed by atoms with Crippen LogP contribution < -0.4 is 20.1 Å². The van der Waals surface area contributed by atoms with Gasteiger partial charge in [0.2, 0.25) is 0 Å². The van der Waals surface area contributed by atoms with Gasteiger partial charge < -0.3 is 25.2 Å². The number of anilines is 2. The number of rotatable bonds is 9. The summed E-state index contributed by atoms with van der Waals surface area (Å²) in [5.41, 5.74) is 0.574. The van der Waals surface area contributed by atoms with Gasteiger partial charge in [-0.15, -0.1) is 0 Å². The van der Waals surface area contributed by atoms with E-state index in [0.717, 1.165) is 0 Å². The Balaban J connectivity index is 1.77. The molecule has 0 aliphatic heterocycles. The van der Waals surface area contributed by atoms with Gasteiger partial charge in [0, 0.05) is 5.69 Å². The Morgan fingerprint density at radius 2 is 1.83 bits per heavy atom. The molecule has 3 aromatic carbocycles. The first-order valence-electron chi connectivity index (χ1n) is 10.7. The monoisotopic (exact) mass is 509 g/mol. The van der Waals surface area contributed by atoms with Gasteiger partial charge in [-0.05, 0) is 67.1 Å². The zero-order valence-electron chi connectivity index (χ0n) is 19.0. The fraction of sp³-hybridized carbons (Fsp3) is 0.115. The second-order valence-electron chi connectivity index (χ2n) is 7.25. The fourth-order valence-corrected chi connectivity index (χ4v) is 3.29. The number of ether oxygens (including phenoxy) is 2. The highest BCUT2D eigenvalue weighted by Gasteiger charge is 2.16. The van der Waals surface area contributed by atoms with Gasteiger partial charge in [-0.1, -0.05) is 23.7 Å². The summed E-state index contributed by atoms with van der Waals surface area (Å²) in [6.07, 6.45) is 1.32. The van der Waals surface area contributed by atoms with E-state index >= 15 is 0 Å². The van der Waals surface area contributed by atoms with Crippen molar-refractivity contribution in [3.8, 4) is 23.3 Å². The number of hydrogen-bond donors (Lipinski definition) is 3. The average Bonchev–Trinajstić information content (AvgIpc) is 2.85. The number of amides is 2. The smallest absolute Gasteiger partial charge is 0.266 e. The lowest BCUT2D eigenvalue weighted by atomic mass is 10.1. The van der Waals surface area contributed by atoms with Crippen molar-refractivity contribution in [1.82, 2.24) is 0 Å². The molecule has 0 bridgehead atoms. The summed E-state index contributed by atoms with van der Waals surface area (Å²) >= 11 is 6.36. The molecule has 184 valence electrons. The van der Waals surface area contributed by atoms with E-state index in [1.165, 1.54) is 60.7 Å². The van der Waals surface area contributed by atoms with Crippen LogP contribution in [0.25, 0.3) is 6.08 Å². The maximum atomic E-state index is 13.8. The van der Waals surface area contributed by atoms with Crippen molar-refractivity contribution in [1.29, 1.82) is 5.26 Å². The van der Waals surface area contributed by atoms with Gasteiger partial charge in [0.05, 0.1) is 17.3 Å². The summed E-state index contributed by atoms with van der Waals surface area (Å²) in [5.74, 6) is -1.56. The number of carbonyl (C=O) groups is 2. The van der Waals surface area contributed by atoms with Crippen LogP contribution in [0.3, 0.4) is 0 Å². The van der Waals surface area contributed by atoms with Gasteiger partial charge in [-0.3, -0.25) is 9.59 Å². The molecule has 36 heavy (non-hydrogen) atoms. The highest BCUT2D eigenvalue weighted by Crippen LogP contribution is 2.37. The predicted octanol–water partition coefficient (Wildman–Crippen LogP) is 5.15. The molecule has 0 saturated heterocycles. The first kappa shape index (κ1) is 26.1. The van der Waals surface area contributed by atoms with Crippen LogP contribution in [0, 0.1) is 17.1 Å². The number of carbonyl (C=O) groups excluding carboxylic acids is 2. The fourth-order valence-electron chi connectivity index (χ4n) is 3.02. The van der Waals surface area contributed by atoms with Crippen molar-refractivity contribution in [3.63, 3.8) is 0 Å². The first-order valence-corrected chi connectivity index (χ1v) is 11.0. The van der Waals surface area contributed by atoms with E-state index in [1.54, 1.807) is 13.0 Å². The molecule has 8 nitrogen and oxygen atoms in total. The van der Waals surface area contributed by atoms with E-state index in [0.29, 0.717) is 11.3 Å². The number of aromatic hydroxyl groups is 1. The molecule has 3 aromatic rings. The number of nitriles is 1. The van der Waals surface area contributed by atoms with Crippen LogP contribution in [0.15, 0.2) is 66.2 Å². The van der Waals surface area contributed by atoms with E-state index in [1.807, 2.05) is 6.07 Å². The van der Waals surface area contributed by atoms with Crippen LogP contribution in [0.4, 0.5) is 15.8 Å². The molecule has 0 spiro atoms. The summed E-state index contributed by atoms with van der Waals surface area (Å²) < 4.78 is 24.9. The standard InChI is InChI=1S/C26H21ClFN3O5/c1-2-35-23-13-16(11-17(14-29)26(34)30-18-7-9-19(32)10-8-18)12-20(27)25(23)36-15-24(33)31-22-6-4-3-5-21(22)28/h3-13,32H,2,15H2,1H3,(H,30,34)(H,31,33)/b17-11+. The summed E-state index contributed by atoms with van der Waals surface area (Å²) in [6, 6.07) is 16.3. The van der Waals surface area contributed by atoms with Crippen LogP contribution in [0.1, 0.15) is 12.5 Å². The van der Waals surface area contributed by atoms with E-state index < -0.39 is 24.2 Å². The van der Waals surface area contributed by atoms with Crippen molar-refractivity contribution in [2.45, 2.75) is 6.92 Å². The largest absolute Gasteiger partial charge is 0.508 e. The number of para-hydroxylation sites is 1. The number of phenolic OH excluding ortho intramolecular Hbond substituents is 1. The molecule has 0 atom stereocenters. The predicted molar refractivity (Wildman–Crippen MR) is 133 cm³/mol. The Morgan fingerprint density at radius 3 is 2.50 bits per heavy atom. The van der Waals surface area contributed by atoms with Crippen LogP contribution in [0.5, 0.6) is 17.2 Å². The minimum atomic E-state index is -0.664. The molecule has 2 amide bonds. The van der Waals surface area contributed by atoms with Crippen molar-refractivity contribution >= 4 is 40.9 Å². The molecule has 3 N–H and O–H groups in total. The Labute approximate surface area is 211 Å². The molecule has 0 aliphatic rings. The number of hydrogen-bond acceptors (Lipinski definition) is 6. The Kier molecular flexibility index (Phi) is 8.86. The van der Waals surface area contributed by atoms with Crippen LogP contribution in [-0.2, 0) is 9.59 Å². The van der Waals surface area contributed by atoms with E-state index in [-0.39, 0.29) is 40.1 Å². The minimum absolute atomic E-state index is 0.0114. The van der Waals surface area contributed by atoms with Crippen LogP contribution in [0.2, 0.25) is 5.02 Å². The minimum Gasteiger partial charge on any atom is -0.508 e. The number of halogens is 2. The molecule has 0 aromatic heterocycles. The highest BCUT2D eigenvalue weighted by molar-refractivity contribution is 6.32. The second kappa shape index (κ2) is 12.2. The lowest BCUT2D eigenvalue weighted by molar-refractivity contribution is -0.118. The average molecular weight is 510 g/mol. The Hall–Kier alpha value is -4.55. The zero-order chi connectivity index (χ0) is 26.1. The summed E-state index contributed by atoms with van der Waals surface area (Å²) in [4.78, 5) is 24.7. The van der Waals surface area contributed by atoms with Gasteiger partial charge in [-0.2, -0.15) is 5.26 Å². The Morgan fingerprint density at radius 1 is 1.11 bits per heavy atom. The third-order valence-corrected chi connectivity index (χ3v) is 4.91. The van der Waals surface area contributed by atoms with E-state index in [9.17, 15) is 24.3 Å². The highest BCUT2D eigenvalue weighted by atomic mass is 35.5. The maximum Gasteiger partial charge on any atom is 0.266 e. The first-order chi connectivity index (χ1) is 17.3. The molecular formula is C26H21ClFN3O5. The molecule has 10 heteroatoms. The lowest BCUT2D eigenvalue weighted by Crippen LogP contribution is -2.21. The van der Waals surface area contributed by atoms with E-state index in [2.05, 4.69) is 10.6 Å². The van der Waals surface area contributed by atoms with Gasteiger partial charge >= 0.3 is 0 Å². The third kappa shape index (κ3) is 6.98. The van der Waals surface area contributed by atoms with Gasteiger partial charge in [-0.25, -0.2) is 4.39 Å². The van der Waals surface area contributed by atoms with Crippen molar-refractivity contribution in [3.05, 3.63) is 82.6 Å². The molecule has 0 radical (unpaired) electrons. The van der Waals surface area contributed by atoms with Gasteiger partial charge in [0.1, 0.15) is 23.2 Å². The zero-order valence-corrected chi connectivity index (χ0v) is 19.8. The summed E-state index contributed by atoms with van der Waals surface area (Å²) in [5, 5.41) is 23.9. The molecule has 0 aliphatic carbocycles. The molecule has 0 unspecified atom stereocenters. The van der Waals surface area contributed by atoms with Crippen molar-refractivity contribution in [2.24, 2.45) is 0 Å². The quantitative estimate of drug-likeness (QED) is 0.208. The normalized spacial score (nSPS) is 10.8. The number of benzene rings is 3. The molecule has 0 saturated carbocycles. The van der Waals surface area contributed by atoms with Gasteiger partial charge in [0.25, 0.3) is 11.8 Å². The maximum absolute atomic E-state index is 13.8. The molecular weight excluding hydrogens is 489 g/mol. The van der Waals surface area contributed by atoms with Gasteiger partial charge in [0.15, 0.2) is 18.1 Å². The Bertz CT molecular complexity index is 1340. The number of nitrogens with one attached hydrogen (secondary N) is 2. The number of nitrogens with zero attached hydrogens (tertiary/aromatic N) is 1. The summed E-state index contributed by atoms with van der Waals surface area (Å²) in [6.45, 7) is 1.51. The molecule has 0 fully saturated rings. The van der Waals surface area contributed by atoms with Crippen molar-refractivity contribution < 1.29 is 28.6 Å².